The SMILES string of the molecule is CC(O)c1cc2c(s1)c(=O)[nH]c1ccc(O)c(-c3ccc([C@@H](C)CN)cc3)c12. The highest BCUT2D eigenvalue weighted by Crippen LogP contribution is 2.41. The van der Waals surface area contributed by atoms with Gasteiger partial charge in [0.2, 0.25) is 0 Å². The highest BCUT2D eigenvalue weighted by Gasteiger charge is 2.18. The topological polar surface area (TPSA) is 99.3 Å². The summed E-state index contributed by atoms with van der Waals surface area (Å²) in [6.45, 7) is 4.32. The van der Waals surface area contributed by atoms with Gasteiger partial charge in [0.1, 0.15) is 10.4 Å². The Morgan fingerprint density at radius 3 is 2.50 bits per heavy atom. The van der Waals surface area contributed by atoms with Crippen LogP contribution in [0.1, 0.15) is 36.3 Å². The summed E-state index contributed by atoms with van der Waals surface area (Å²) in [4.78, 5) is 16.1. The summed E-state index contributed by atoms with van der Waals surface area (Å²) in [5.74, 6) is 0.397. The number of phenolic OH excluding ortho intramolecular Hbond substituents is 1. The van der Waals surface area contributed by atoms with Crippen molar-refractivity contribution in [2.24, 2.45) is 5.73 Å². The molecule has 2 aromatic carbocycles. The first-order valence-electron chi connectivity index (χ1n) is 9.20. The monoisotopic (exact) mass is 394 g/mol. The number of hydrogen-bond acceptors (Lipinski definition) is 5. The number of phenols is 1. The molecule has 0 saturated carbocycles. The average Bonchev–Trinajstić information content (AvgIpc) is 3.15. The van der Waals surface area contributed by atoms with Crippen LogP contribution in [0.2, 0.25) is 0 Å². The first-order chi connectivity index (χ1) is 13.4. The van der Waals surface area contributed by atoms with Crippen LogP contribution >= 0.6 is 11.3 Å². The number of aromatic hydroxyl groups is 1. The molecule has 1 unspecified atom stereocenters. The lowest BCUT2D eigenvalue weighted by Gasteiger charge is -2.13. The predicted molar refractivity (Wildman–Crippen MR) is 115 cm³/mol. The van der Waals surface area contributed by atoms with Crippen molar-refractivity contribution in [1.82, 2.24) is 4.98 Å². The van der Waals surface area contributed by atoms with Crippen LogP contribution < -0.4 is 11.3 Å². The number of nitrogens with one attached hydrogen (secondary N) is 1. The first-order valence-corrected chi connectivity index (χ1v) is 10.0. The van der Waals surface area contributed by atoms with Gasteiger partial charge in [0.25, 0.3) is 5.56 Å². The summed E-state index contributed by atoms with van der Waals surface area (Å²) < 4.78 is 0.545. The zero-order valence-electron chi connectivity index (χ0n) is 15.7. The van der Waals surface area contributed by atoms with E-state index in [1.54, 1.807) is 19.1 Å². The van der Waals surface area contributed by atoms with Gasteiger partial charge in [0, 0.05) is 26.7 Å². The van der Waals surface area contributed by atoms with Crippen LogP contribution in [-0.4, -0.2) is 21.7 Å². The van der Waals surface area contributed by atoms with E-state index in [0.717, 1.165) is 26.8 Å². The molecule has 4 rings (SSSR count). The molecule has 0 aliphatic rings. The normalized spacial score (nSPS) is 13.9. The maximum atomic E-state index is 12.5. The summed E-state index contributed by atoms with van der Waals surface area (Å²) in [5.41, 5.74) is 8.88. The number of thiophene rings is 1. The number of hydrogen-bond donors (Lipinski definition) is 4. The Bertz CT molecular complexity index is 1220. The molecule has 4 aromatic rings. The van der Waals surface area contributed by atoms with Gasteiger partial charge in [-0.25, -0.2) is 0 Å². The van der Waals surface area contributed by atoms with Crippen LogP contribution in [0.5, 0.6) is 5.75 Å². The van der Waals surface area contributed by atoms with Crippen molar-refractivity contribution in [1.29, 1.82) is 0 Å². The molecular formula is C22H22N2O3S. The molecule has 0 aliphatic carbocycles. The molecule has 6 heteroatoms. The molecular weight excluding hydrogens is 372 g/mol. The number of aliphatic hydroxyl groups excluding tert-OH is 1. The van der Waals surface area contributed by atoms with E-state index in [0.29, 0.717) is 22.3 Å². The summed E-state index contributed by atoms with van der Waals surface area (Å²) in [6, 6.07) is 13.1. The van der Waals surface area contributed by atoms with Crippen molar-refractivity contribution in [3.05, 3.63) is 63.3 Å². The molecule has 5 N–H and O–H groups in total. The Morgan fingerprint density at radius 1 is 1.14 bits per heavy atom. The van der Waals surface area contributed by atoms with Gasteiger partial charge in [0.15, 0.2) is 0 Å². The zero-order valence-corrected chi connectivity index (χ0v) is 16.5. The summed E-state index contributed by atoms with van der Waals surface area (Å²) in [5, 5.41) is 22.2. The second kappa shape index (κ2) is 7.05. The number of aromatic amines is 1. The van der Waals surface area contributed by atoms with Crippen LogP contribution in [0.3, 0.4) is 0 Å². The number of rotatable bonds is 4. The molecule has 0 fully saturated rings. The van der Waals surface area contributed by atoms with Gasteiger partial charge < -0.3 is 20.9 Å². The van der Waals surface area contributed by atoms with Crippen molar-refractivity contribution in [2.75, 3.05) is 6.54 Å². The lowest BCUT2D eigenvalue weighted by atomic mass is 9.94. The largest absolute Gasteiger partial charge is 0.507 e. The fourth-order valence-electron chi connectivity index (χ4n) is 3.53. The molecule has 0 aliphatic heterocycles. The number of nitrogens with two attached hydrogens (primary N) is 1. The van der Waals surface area contributed by atoms with Crippen molar-refractivity contribution in [3.8, 4) is 16.9 Å². The number of pyridine rings is 1. The molecule has 0 spiro atoms. The number of benzene rings is 2. The number of fused-ring (bicyclic) bond motifs is 3. The van der Waals surface area contributed by atoms with Crippen LogP contribution in [-0.2, 0) is 0 Å². The van der Waals surface area contributed by atoms with Crippen molar-refractivity contribution >= 4 is 32.3 Å². The van der Waals surface area contributed by atoms with E-state index >= 15 is 0 Å². The smallest absolute Gasteiger partial charge is 0.266 e. The van der Waals surface area contributed by atoms with Crippen molar-refractivity contribution in [3.63, 3.8) is 0 Å². The Labute approximate surface area is 166 Å². The minimum absolute atomic E-state index is 0.144. The molecule has 0 amide bonds. The van der Waals surface area contributed by atoms with E-state index in [4.69, 9.17) is 5.73 Å². The van der Waals surface area contributed by atoms with Crippen LogP contribution in [0.25, 0.3) is 32.1 Å². The average molecular weight is 394 g/mol. The molecule has 2 atom stereocenters. The fourth-order valence-corrected chi connectivity index (χ4v) is 4.53. The quantitative estimate of drug-likeness (QED) is 0.416. The van der Waals surface area contributed by atoms with E-state index in [2.05, 4.69) is 11.9 Å². The van der Waals surface area contributed by atoms with Gasteiger partial charge in [-0.2, -0.15) is 0 Å². The van der Waals surface area contributed by atoms with Gasteiger partial charge in [-0.05, 0) is 48.7 Å². The molecule has 28 heavy (non-hydrogen) atoms. The third-order valence-electron chi connectivity index (χ3n) is 5.19. The minimum atomic E-state index is -0.662. The molecule has 0 saturated heterocycles. The van der Waals surface area contributed by atoms with Gasteiger partial charge in [0.05, 0.1) is 6.10 Å². The van der Waals surface area contributed by atoms with Crippen molar-refractivity contribution in [2.45, 2.75) is 25.9 Å². The molecule has 0 radical (unpaired) electrons. The van der Waals surface area contributed by atoms with Crippen molar-refractivity contribution < 1.29 is 10.2 Å². The highest BCUT2D eigenvalue weighted by molar-refractivity contribution is 7.19. The third kappa shape index (κ3) is 2.99. The molecule has 0 bridgehead atoms. The van der Waals surface area contributed by atoms with Gasteiger partial charge in [-0.1, -0.05) is 31.2 Å². The lowest BCUT2D eigenvalue weighted by molar-refractivity contribution is 0.203. The highest BCUT2D eigenvalue weighted by atomic mass is 32.1. The van der Waals surface area contributed by atoms with E-state index in [1.807, 2.05) is 30.3 Å². The minimum Gasteiger partial charge on any atom is -0.507 e. The predicted octanol–water partition coefficient (Wildman–Crippen LogP) is 4.23. The number of H-pyrrole nitrogens is 1. The maximum Gasteiger partial charge on any atom is 0.266 e. The maximum absolute atomic E-state index is 12.5. The third-order valence-corrected chi connectivity index (χ3v) is 6.50. The standard InChI is InChI=1S/C22H22N2O3S/c1-11(10-23)13-3-5-14(6-4-13)19-17(26)8-7-16-20(19)15-9-18(12(2)25)28-21(15)22(27)24-16/h3-9,11-12,25-26H,10,23H2,1-2H3,(H,24,27)/t11-,12?/m0/s1. The van der Waals surface area contributed by atoms with E-state index in [-0.39, 0.29) is 17.2 Å². The number of aromatic nitrogens is 1. The second-order valence-electron chi connectivity index (χ2n) is 7.16. The molecule has 5 nitrogen and oxygen atoms in total. The Hall–Kier alpha value is -2.67. The van der Waals surface area contributed by atoms with Crippen LogP contribution in [0.15, 0.2) is 47.3 Å². The zero-order chi connectivity index (χ0) is 20.0. The van der Waals surface area contributed by atoms with Crippen LogP contribution in [0.4, 0.5) is 0 Å². The van der Waals surface area contributed by atoms with Gasteiger partial charge >= 0.3 is 0 Å². The van der Waals surface area contributed by atoms with E-state index in [1.165, 1.54) is 11.3 Å². The Kier molecular flexibility index (Phi) is 4.71. The first kappa shape index (κ1) is 18.7. The summed E-state index contributed by atoms with van der Waals surface area (Å²) in [7, 11) is 0. The molecule has 2 aromatic heterocycles. The van der Waals surface area contributed by atoms with E-state index in [9.17, 15) is 15.0 Å². The van der Waals surface area contributed by atoms with Gasteiger partial charge in [-0.15, -0.1) is 11.3 Å². The fraction of sp³-hybridized carbons (Fsp3) is 0.227. The Morgan fingerprint density at radius 2 is 1.86 bits per heavy atom. The molecule has 2 heterocycles. The Balaban J connectivity index is 2.04. The van der Waals surface area contributed by atoms with Crippen LogP contribution in [0, 0.1) is 0 Å². The lowest BCUT2D eigenvalue weighted by Crippen LogP contribution is -2.08. The van der Waals surface area contributed by atoms with E-state index < -0.39 is 6.10 Å². The summed E-state index contributed by atoms with van der Waals surface area (Å²) >= 11 is 1.28. The molecule has 144 valence electrons. The van der Waals surface area contributed by atoms with Gasteiger partial charge in [-0.3, -0.25) is 4.79 Å². The second-order valence-corrected chi connectivity index (χ2v) is 8.25. The summed E-state index contributed by atoms with van der Waals surface area (Å²) in [6.07, 6.45) is -0.662. The number of aliphatic hydroxyl groups is 1.